The zero-order valence-electron chi connectivity index (χ0n) is 6.92. The van der Waals surface area contributed by atoms with Crippen LogP contribution in [0.1, 0.15) is 11.9 Å². The van der Waals surface area contributed by atoms with Crippen LogP contribution in [-0.2, 0) is 11.8 Å². The molecule has 0 fully saturated rings. The lowest BCUT2D eigenvalue weighted by atomic mass is 10.4. The van der Waals surface area contributed by atoms with E-state index in [2.05, 4.69) is 4.74 Å². The lowest BCUT2D eigenvalue weighted by molar-refractivity contribution is 0.0590. The monoisotopic (exact) mass is 140 g/mol. The van der Waals surface area contributed by atoms with E-state index in [0.717, 1.165) is 0 Å². The second-order valence-corrected chi connectivity index (χ2v) is 1.90. The predicted octanol–water partition coefficient (Wildman–Crippen LogP) is 0.812. The van der Waals surface area contributed by atoms with Gasteiger partial charge in [-0.2, -0.15) is 0 Å². The van der Waals surface area contributed by atoms with Gasteiger partial charge in [0.05, 0.1) is 8.48 Å². The first-order chi connectivity index (χ1) is 5.16. The van der Waals surface area contributed by atoms with Crippen molar-refractivity contribution in [3.63, 3.8) is 0 Å². The van der Waals surface area contributed by atoms with E-state index in [4.69, 9.17) is 1.37 Å². The molecule has 0 atom stereocenters. The van der Waals surface area contributed by atoms with Gasteiger partial charge in [-0.05, 0) is 12.1 Å². The van der Waals surface area contributed by atoms with Gasteiger partial charge < -0.3 is 9.30 Å². The SMILES string of the molecule is [2H]c1ccc(C(=O)OC)n1C. The fraction of sp³-hybridized carbons (Fsp3) is 0.286. The number of carbonyl (C=O) groups excluding carboxylic acids is 1. The van der Waals surface area contributed by atoms with E-state index in [1.54, 1.807) is 19.2 Å². The number of hydrogen-bond acceptors (Lipinski definition) is 2. The van der Waals surface area contributed by atoms with Crippen molar-refractivity contribution in [3.05, 3.63) is 24.0 Å². The Bertz CT molecular complexity index is 280. The Morgan fingerprint density at radius 1 is 1.90 bits per heavy atom. The Balaban J connectivity index is 3.04. The third kappa shape index (κ3) is 1.03. The largest absolute Gasteiger partial charge is 0.464 e. The molecule has 1 aromatic heterocycles. The fourth-order valence-corrected chi connectivity index (χ4v) is 0.719. The standard InChI is InChI=1S/C7H9NO2/c1-8-5-3-4-6(8)7(9)10-2/h3-5H,1-2H3/i5D. The fourth-order valence-electron chi connectivity index (χ4n) is 0.719. The van der Waals surface area contributed by atoms with Crippen molar-refractivity contribution in [2.75, 3.05) is 7.11 Å². The van der Waals surface area contributed by atoms with Gasteiger partial charge in [0.2, 0.25) is 0 Å². The maximum Gasteiger partial charge on any atom is 0.354 e. The number of rotatable bonds is 1. The molecule has 0 amide bonds. The molecular weight excluding hydrogens is 130 g/mol. The van der Waals surface area contributed by atoms with Gasteiger partial charge in [0.25, 0.3) is 0 Å². The van der Waals surface area contributed by atoms with Crippen LogP contribution in [0.2, 0.25) is 0 Å². The minimum atomic E-state index is -0.411. The number of methoxy groups -OCH3 is 1. The molecule has 1 heterocycles. The average molecular weight is 140 g/mol. The van der Waals surface area contributed by atoms with Crippen LogP contribution in [0.3, 0.4) is 0 Å². The van der Waals surface area contributed by atoms with E-state index in [0.29, 0.717) is 11.9 Å². The molecule has 1 rings (SSSR count). The summed E-state index contributed by atoms with van der Waals surface area (Å²) in [7, 11) is 2.97. The van der Waals surface area contributed by atoms with Gasteiger partial charge in [-0.3, -0.25) is 0 Å². The normalized spacial score (nSPS) is 10.8. The average Bonchev–Trinajstić information content (AvgIpc) is 2.32. The lowest BCUT2D eigenvalue weighted by Crippen LogP contribution is -2.06. The van der Waals surface area contributed by atoms with Crippen LogP contribution in [0.25, 0.3) is 0 Å². The van der Waals surface area contributed by atoms with Crippen LogP contribution in [-0.4, -0.2) is 17.6 Å². The van der Waals surface area contributed by atoms with E-state index in [9.17, 15) is 4.79 Å². The summed E-state index contributed by atoms with van der Waals surface area (Å²) in [6, 6.07) is 3.11. The quantitative estimate of drug-likeness (QED) is 0.540. The maximum absolute atomic E-state index is 10.9. The van der Waals surface area contributed by atoms with E-state index < -0.39 is 5.97 Å². The molecule has 54 valence electrons. The summed E-state index contributed by atoms with van der Waals surface area (Å²) >= 11 is 0. The first kappa shape index (κ1) is 5.53. The highest BCUT2D eigenvalue weighted by atomic mass is 16.5. The number of nitrogens with zero attached hydrogens (tertiary/aromatic N) is 1. The molecule has 0 aromatic carbocycles. The molecule has 10 heavy (non-hydrogen) atoms. The van der Waals surface area contributed by atoms with Gasteiger partial charge in [0, 0.05) is 13.2 Å². The highest BCUT2D eigenvalue weighted by Gasteiger charge is 2.06. The Hall–Kier alpha value is -1.25. The summed E-state index contributed by atoms with van der Waals surface area (Å²) < 4.78 is 13.2. The van der Waals surface area contributed by atoms with Gasteiger partial charge >= 0.3 is 5.97 Å². The highest BCUT2D eigenvalue weighted by Crippen LogP contribution is 2.00. The summed E-state index contributed by atoms with van der Waals surface area (Å²) in [5, 5.41) is 0. The number of aromatic nitrogens is 1. The van der Waals surface area contributed by atoms with Crippen LogP contribution < -0.4 is 0 Å². The Kier molecular flexibility index (Phi) is 1.41. The molecule has 0 aliphatic heterocycles. The van der Waals surface area contributed by atoms with Crippen molar-refractivity contribution >= 4 is 5.97 Å². The molecular formula is C7H9NO2. The number of hydrogen-bond donors (Lipinski definition) is 0. The summed E-state index contributed by atoms with van der Waals surface area (Å²) in [5.41, 5.74) is 0.400. The Morgan fingerprint density at radius 2 is 2.60 bits per heavy atom. The molecule has 0 spiro atoms. The summed E-state index contributed by atoms with van der Waals surface area (Å²) in [6.07, 6.45) is 0.297. The van der Waals surface area contributed by atoms with Crippen molar-refractivity contribution in [3.8, 4) is 0 Å². The van der Waals surface area contributed by atoms with Gasteiger partial charge in [0.15, 0.2) is 0 Å². The zero-order chi connectivity index (χ0) is 8.43. The van der Waals surface area contributed by atoms with Crippen molar-refractivity contribution in [1.29, 1.82) is 0 Å². The van der Waals surface area contributed by atoms with Crippen LogP contribution in [0.15, 0.2) is 18.3 Å². The second kappa shape index (κ2) is 2.56. The summed E-state index contributed by atoms with van der Waals surface area (Å²) in [6.45, 7) is 0. The minimum Gasteiger partial charge on any atom is -0.464 e. The number of ether oxygens (including phenoxy) is 1. The van der Waals surface area contributed by atoms with Crippen LogP contribution in [0.4, 0.5) is 0 Å². The van der Waals surface area contributed by atoms with Crippen LogP contribution in [0, 0.1) is 0 Å². The molecule has 0 aliphatic rings. The maximum atomic E-state index is 10.9. The molecule has 0 aliphatic carbocycles. The van der Waals surface area contributed by atoms with Crippen LogP contribution >= 0.6 is 0 Å². The first-order valence-corrected chi connectivity index (χ1v) is 2.87. The molecule has 0 saturated carbocycles. The van der Waals surface area contributed by atoms with Crippen molar-refractivity contribution in [2.45, 2.75) is 0 Å². The highest BCUT2D eigenvalue weighted by molar-refractivity contribution is 5.87. The second-order valence-electron chi connectivity index (χ2n) is 1.90. The van der Waals surface area contributed by atoms with Crippen LogP contribution in [0.5, 0.6) is 0 Å². The van der Waals surface area contributed by atoms with E-state index in [1.165, 1.54) is 11.7 Å². The molecule has 0 radical (unpaired) electrons. The van der Waals surface area contributed by atoms with Gasteiger partial charge in [0.1, 0.15) is 5.69 Å². The van der Waals surface area contributed by atoms with E-state index in [1.807, 2.05) is 0 Å². The summed E-state index contributed by atoms with van der Waals surface area (Å²) in [4.78, 5) is 10.9. The minimum absolute atomic E-state index is 0.297. The Labute approximate surface area is 60.6 Å². The van der Waals surface area contributed by atoms with Gasteiger partial charge in [-0.25, -0.2) is 4.79 Å². The molecule has 0 bridgehead atoms. The third-order valence-electron chi connectivity index (χ3n) is 1.27. The van der Waals surface area contributed by atoms with Crippen molar-refractivity contribution in [1.82, 2.24) is 4.57 Å². The smallest absolute Gasteiger partial charge is 0.354 e. The molecule has 0 saturated heterocycles. The Morgan fingerprint density at radius 3 is 3.00 bits per heavy atom. The molecule has 0 unspecified atom stereocenters. The predicted molar refractivity (Wildman–Crippen MR) is 36.8 cm³/mol. The zero-order valence-corrected chi connectivity index (χ0v) is 5.92. The lowest BCUT2D eigenvalue weighted by Gasteiger charge is -1.98. The van der Waals surface area contributed by atoms with E-state index >= 15 is 0 Å². The number of esters is 1. The first-order valence-electron chi connectivity index (χ1n) is 3.37. The van der Waals surface area contributed by atoms with E-state index in [-0.39, 0.29) is 0 Å². The topological polar surface area (TPSA) is 31.2 Å². The third-order valence-corrected chi connectivity index (χ3v) is 1.27. The summed E-state index contributed by atoms with van der Waals surface area (Å²) in [5.74, 6) is -0.411. The van der Waals surface area contributed by atoms with Crippen molar-refractivity contribution < 1.29 is 10.9 Å². The van der Waals surface area contributed by atoms with Gasteiger partial charge in [-0.15, -0.1) is 0 Å². The van der Waals surface area contributed by atoms with Gasteiger partial charge in [-0.1, -0.05) is 0 Å². The molecule has 3 nitrogen and oxygen atoms in total. The van der Waals surface area contributed by atoms with Crippen molar-refractivity contribution in [2.24, 2.45) is 7.05 Å². The molecule has 3 heteroatoms. The molecule has 1 aromatic rings. The number of carbonyl (C=O) groups is 1. The molecule has 0 N–H and O–H groups in total.